The summed E-state index contributed by atoms with van der Waals surface area (Å²) in [6, 6.07) is 6.73. The van der Waals surface area contributed by atoms with Crippen LogP contribution in [0.2, 0.25) is 0 Å². The van der Waals surface area contributed by atoms with E-state index in [1.165, 1.54) is 6.07 Å². The molecule has 1 N–H and O–H groups in total. The van der Waals surface area contributed by atoms with Gasteiger partial charge in [-0.2, -0.15) is 0 Å². The molecule has 1 saturated carbocycles. The van der Waals surface area contributed by atoms with Crippen molar-refractivity contribution < 1.29 is 9.18 Å². The van der Waals surface area contributed by atoms with Crippen molar-refractivity contribution in [2.45, 2.75) is 45.1 Å². The molecule has 3 heteroatoms. The van der Waals surface area contributed by atoms with Crippen LogP contribution in [0.1, 0.15) is 45.1 Å². The summed E-state index contributed by atoms with van der Waals surface area (Å²) in [5, 5.41) is 3.03. The predicted octanol–water partition coefficient (Wildman–Crippen LogP) is 3.23. The van der Waals surface area contributed by atoms with E-state index in [0.29, 0.717) is 5.56 Å². The molecule has 2 unspecified atom stereocenters. The van der Waals surface area contributed by atoms with Gasteiger partial charge in [0, 0.05) is 11.5 Å². The number of carbonyl (C=O) groups is 1. The molecule has 1 aliphatic carbocycles. The first-order valence-electron chi connectivity index (χ1n) is 6.51. The maximum absolute atomic E-state index is 13.6. The van der Waals surface area contributed by atoms with Crippen LogP contribution in [-0.2, 0) is 4.79 Å². The molecule has 1 aromatic rings. The Bertz CT molecular complexity index is 456. The van der Waals surface area contributed by atoms with Crippen molar-refractivity contribution in [1.29, 1.82) is 0 Å². The van der Waals surface area contributed by atoms with E-state index in [9.17, 15) is 9.18 Å². The summed E-state index contributed by atoms with van der Waals surface area (Å²) >= 11 is 0. The second-order valence-corrected chi connectivity index (χ2v) is 5.70. The van der Waals surface area contributed by atoms with Gasteiger partial charge in [0.1, 0.15) is 5.82 Å². The lowest BCUT2D eigenvalue weighted by molar-refractivity contribution is -0.124. The maximum atomic E-state index is 13.6. The third-order valence-electron chi connectivity index (χ3n) is 3.78. The van der Waals surface area contributed by atoms with E-state index in [1.807, 2.05) is 26.8 Å². The van der Waals surface area contributed by atoms with Gasteiger partial charge < -0.3 is 5.32 Å². The van der Waals surface area contributed by atoms with Gasteiger partial charge in [-0.3, -0.25) is 4.79 Å². The van der Waals surface area contributed by atoms with Crippen LogP contribution in [0.4, 0.5) is 4.39 Å². The SMILES string of the molecule is CCC(C)(C)NC(=O)C1CC1c1ccccc1F. The van der Waals surface area contributed by atoms with Crippen LogP contribution in [-0.4, -0.2) is 11.4 Å². The van der Waals surface area contributed by atoms with Crippen LogP contribution < -0.4 is 5.32 Å². The molecule has 0 saturated heterocycles. The van der Waals surface area contributed by atoms with Gasteiger partial charge in [0.2, 0.25) is 5.91 Å². The zero-order chi connectivity index (χ0) is 13.3. The molecule has 1 amide bonds. The van der Waals surface area contributed by atoms with Crippen LogP contribution in [0.15, 0.2) is 24.3 Å². The molecule has 0 spiro atoms. The number of rotatable bonds is 4. The average Bonchev–Trinajstić information content (AvgIpc) is 3.09. The Morgan fingerprint density at radius 1 is 1.44 bits per heavy atom. The third-order valence-corrected chi connectivity index (χ3v) is 3.78. The first kappa shape index (κ1) is 13.1. The number of nitrogens with one attached hydrogen (secondary N) is 1. The van der Waals surface area contributed by atoms with Crippen molar-refractivity contribution in [3.05, 3.63) is 35.6 Å². The van der Waals surface area contributed by atoms with Gasteiger partial charge in [0.05, 0.1) is 0 Å². The van der Waals surface area contributed by atoms with Crippen molar-refractivity contribution in [2.24, 2.45) is 5.92 Å². The lowest BCUT2D eigenvalue weighted by Gasteiger charge is -2.24. The minimum Gasteiger partial charge on any atom is -0.351 e. The van der Waals surface area contributed by atoms with Gasteiger partial charge in [0.25, 0.3) is 0 Å². The Hall–Kier alpha value is -1.38. The smallest absolute Gasteiger partial charge is 0.224 e. The van der Waals surface area contributed by atoms with E-state index in [-0.39, 0.29) is 29.1 Å². The fraction of sp³-hybridized carbons (Fsp3) is 0.533. The van der Waals surface area contributed by atoms with Crippen molar-refractivity contribution in [3.63, 3.8) is 0 Å². The van der Waals surface area contributed by atoms with Crippen LogP contribution >= 0.6 is 0 Å². The van der Waals surface area contributed by atoms with E-state index in [0.717, 1.165) is 12.8 Å². The molecule has 0 bridgehead atoms. The van der Waals surface area contributed by atoms with E-state index >= 15 is 0 Å². The molecule has 2 nitrogen and oxygen atoms in total. The third kappa shape index (κ3) is 2.71. The molecule has 0 aromatic heterocycles. The molecule has 0 radical (unpaired) electrons. The first-order chi connectivity index (χ1) is 8.44. The topological polar surface area (TPSA) is 29.1 Å². The summed E-state index contributed by atoms with van der Waals surface area (Å²) in [6.07, 6.45) is 1.64. The Morgan fingerprint density at radius 3 is 2.72 bits per heavy atom. The predicted molar refractivity (Wildman–Crippen MR) is 69.8 cm³/mol. The number of benzene rings is 1. The molecule has 2 rings (SSSR count). The summed E-state index contributed by atoms with van der Waals surface area (Å²) in [4.78, 5) is 12.0. The quantitative estimate of drug-likeness (QED) is 0.872. The number of hydrogen-bond acceptors (Lipinski definition) is 1. The zero-order valence-electron chi connectivity index (χ0n) is 11.2. The standard InChI is InChI=1S/C15H20FNO/c1-4-15(2,3)17-14(18)12-9-11(12)10-7-5-6-8-13(10)16/h5-8,11-12H,4,9H2,1-3H3,(H,17,18). The summed E-state index contributed by atoms with van der Waals surface area (Å²) in [5.74, 6) is -0.158. The summed E-state index contributed by atoms with van der Waals surface area (Å²) in [6.45, 7) is 6.05. The summed E-state index contributed by atoms with van der Waals surface area (Å²) < 4.78 is 13.6. The van der Waals surface area contributed by atoms with Gasteiger partial charge in [0.15, 0.2) is 0 Å². The number of hydrogen-bond donors (Lipinski definition) is 1. The van der Waals surface area contributed by atoms with Gasteiger partial charge >= 0.3 is 0 Å². The summed E-state index contributed by atoms with van der Waals surface area (Å²) in [7, 11) is 0. The number of halogens is 1. The minimum atomic E-state index is -0.201. The Kier molecular flexibility index (Phi) is 3.42. The maximum Gasteiger partial charge on any atom is 0.224 e. The largest absolute Gasteiger partial charge is 0.351 e. The fourth-order valence-electron chi connectivity index (χ4n) is 2.12. The van der Waals surface area contributed by atoms with Crippen molar-refractivity contribution in [2.75, 3.05) is 0 Å². The molecule has 2 atom stereocenters. The van der Waals surface area contributed by atoms with Crippen molar-refractivity contribution >= 4 is 5.91 Å². The molecule has 18 heavy (non-hydrogen) atoms. The van der Waals surface area contributed by atoms with Crippen LogP contribution in [0.5, 0.6) is 0 Å². The number of amides is 1. The van der Waals surface area contributed by atoms with Crippen molar-refractivity contribution in [3.8, 4) is 0 Å². The molecule has 0 aliphatic heterocycles. The monoisotopic (exact) mass is 249 g/mol. The van der Waals surface area contributed by atoms with Gasteiger partial charge in [-0.15, -0.1) is 0 Å². The Labute approximate surface area is 108 Å². The van der Waals surface area contributed by atoms with Crippen LogP contribution in [0, 0.1) is 11.7 Å². The Morgan fingerprint density at radius 2 is 2.11 bits per heavy atom. The molecular formula is C15H20FNO. The molecule has 1 fully saturated rings. The molecule has 0 heterocycles. The average molecular weight is 249 g/mol. The molecule has 1 aromatic carbocycles. The van der Waals surface area contributed by atoms with Gasteiger partial charge in [-0.25, -0.2) is 4.39 Å². The second-order valence-electron chi connectivity index (χ2n) is 5.70. The highest BCUT2D eigenvalue weighted by molar-refractivity contribution is 5.83. The van der Waals surface area contributed by atoms with Gasteiger partial charge in [-0.1, -0.05) is 25.1 Å². The normalized spacial score (nSPS) is 22.7. The molecule has 1 aliphatic rings. The van der Waals surface area contributed by atoms with E-state index in [1.54, 1.807) is 12.1 Å². The van der Waals surface area contributed by atoms with Crippen LogP contribution in [0.25, 0.3) is 0 Å². The second kappa shape index (κ2) is 4.71. The van der Waals surface area contributed by atoms with Crippen molar-refractivity contribution in [1.82, 2.24) is 5.32 Å². The first-order valence-corrected chi connectivity index (χ1v) is 6.51. The van der Waals surface area contributed by atoms with Gasteiger partial charge in [-0.05, 0) is 44.2 Å². The summed E-state index contributed by atoms with van der Waals surface area (Å²) in [5.41, 5.74) is 0.492. The minimum absolute atomic E-state index is 0.0510. The number of carbonyl (C=O) groups excluding carboxylic acids is 1. The van der Waals surface area contributed by atoms with E-state index < -0.39 is 0 Å². The Balaban J connectivity index is 2.00. The lowest BCUT2D eigenvalue weighted by Crippen LogP contribution is -2.43. The zero-order valence-corrected chi connectivity index (χ0v) is 11.2. The van der Waals surface area contributed by atoms with E-state index in [2.05, 4.69) is 5.32 Å². The fourth-order valence-corrected chi connectivity index (χ4v) is 2.12. The highest BCUT2D eigenvalue weighted by Gasteiger charge is 2.45. The molecular weight excluding hydrogens is 229 g/mol. The molecule has 98 valence electrons. The highest BCUT2D eigenvalue weighted by Crippen LogP contribution is 2.48. The lowest BCUT2D eigenvalue weighted by atomic mass is 10.0. The van der Waals surface area contributed by atoms with E-state index in [4.69, 9.17) is 0 Å². The van der Waals surface area contributed by atoms with Crippen LogP contribution in [0.3, 0.4) is 0 Å². The highest BCUT2D eigenvalue weighted by atomic mass is 19.1.